The summed E-state index contributed by atoms with van der Waals surface area (Å²) in [6.07, 6.45) is 3.61. The number of anilines is 2. The van der Waals surface area contributed by atoms with Crippen LogP contribution in [0.4, 0.5) is 16.2 Å². The summed E-state index contributed by atoms with van der Waals surface area (Å²) >= 11 is 3.31. The molecule has 0 spiro atoms. The van der Waals surface area contributed by atoms with Crippen LogP contribution in [0.1, 0.15) is 32.8 Å². The number of rotatable bonds is 5. The minimum atomic E-state index is -0.554. The molecular weight excluding hydrogens is 398 g/mol. The minimum absolute atomic E-state index is 0.101. The lowest BCUT2D eigenvalue weighted by molar-refractivity contribution is -0.116. The summed E-state index contributed by atoms with van der Waals surface area (Å²) in [5.41, 5.74) is 1.67. The highest BCUT2D eigenvalue weighted by molar-refractivity contribution is 9.10. The Labute approximate surface area is 161 Å². The molecule has 0 unspecified atom stereocenters. The topological polar surface area (TPSA) is 80.3 Å². The molecule has 2 amide bonds. The van der Waals surface area contributed by atoms with Crippen molar-refractivity contribution in [3.63, 3.8) is 0 Å². The molecule has 0 saturated heterocycles. The van der Waals surface area contributed by atoms with Gasteiger partial charge < -0.3 is 10.1 Å². The van der Waals surface area contributed by atoms with Crippen LogP contribution >= 0.6 is 15.9 Å². The first-order valence-corrected chi connectivity index (χ1v) is 9.00. The number of nitrogens with zero attached hydrogens (tertiary/aromatic N) is 1. The van der Waals surface area contributed by atoms with Crippen LogP contribution in [0.3, 0.4) is 0 Å². The van der Waals surface area contributed by atoms with Crippen LogP contribution < -0.4 is 10.6 Å². The summed E-state index contributed by atoms with van der Waals surface area (Å²) in [5, 5.41) is 5.50. The molecule has 0 bridgehead atoms. The third-order valence-electron chi connectivity index (χ3n) is 3.20. The number of aromatic nitrogens is 1. The summed E-state index contributed by atoms with van der Waals surface area (Å²) in [7, 11) is 0. The number of nitrogens with one attached hydrogen (secondary N) is 2. The molecular formula is C19H22BrN3O3. The number of pyridine rings is 1. The number of aryl methyl sites for hydroxylation is 1. The van der Waals surface area contributed by atoms with Crippen molar-refractivity contribution >= 4 is 39.3 Å². The van der Waals surface area contributed by atoms with Gasteiger partial charge in [-0.15, -0.1) is 0 Å². The van der Waals surface area contributed by atoms with Crippen molar-refractivity contribution < 1.29 is 14.3 Å². The standard InChI is InChI=1S/C19H22BrN3O3/c1-19(2,3)26-18(25)23-15-6-4-5-13(9-15)7-8-17(24)22-16-10-14(20)11-21-12-16/h4-6,9-12H,7-8H2,1-3H3,(H,22,24)(H,23,25). The van der Waals surface area contributed by atoms with Gasteiger partial charge in [0.15, 0.2) is 0 Å². The third-order valence-corrected chi connectivity index (χ3v) is 3.64. The van der Waals surface area contributed by atoms with Gasteiger partial charge in [-0.05, 0) is 66.9 Å². The lowest BCUT2D eigenvalue weighted by Gasteiger charge is -2.19. The molecule has 2 rings (SSSR count). The molecule has 0 saturated carbocycles. The number of carbonyl (C=O) groups is 2. The number of ether oxygens (including phenoxy) is 1. The van der Waals surface area contributed by atoms with Crippen molar-refractivity contribution in [2.24, 2.45) is 0 Å². The molecule has 6 nitrogen and oxygen atoms in total. The molecule has 26 heavy (non-hydrogen) atoms. The second kappa shape index (κ2) is 8.80. The number of hydrogen-bond acceptors (Lipinski definition) is 4. The van der Waals surface area contributed by atoms with Gasteiger partial charge in [-0.25, -0.2) is 4.79 Å². The predicted molar refractivity (Wildman–Crippen MR) is 105 cm³/mol. The largest absolute Gasteiger partial charge is 0.444 e. The van der Waals surface area contributed by atoms with Crippen LogP contribution in [-0.2, 0) is 16.0 Å². The fourth-order valence-electron chi connectivity index (χ4n) is 2.19. The van der Waals surface area contributed by atoms with Gasteiger partial charge in [-0.1, -0.05) is 12.1 Å². The van der Waals surface area contributed by atoms with E-state index in [-0.39, 0.29) is 5.91 Å². The molecule has 7 heteroatoms. The zero-order valence-corrected chi connectivity index (χ0v) is 16.6. The predicted octanol–water partition coefficient (Wildman–Crippen LogP) is 4.76. The maximum atomic E-state index is 12.1. The van der Waals surface area contributed by atoms with E-state index in [1.807, 2.05) is 39.0 Å². The van der Waals surface area contributed by atoms with Crippen LogP contribution in [0.2, 0.25) is 0 Å². The van der Waals surface area contributed by atoms with Crippen molar-refractivity contribution in [1.82, 2.24) is 4.98 Å². The molecule has 2 aromatic rings. The summed E-state index contributed by atoms with van der Waals surface area (Å²) in [6, 6.07) is 9.14. The summed E-state index contributed by atoms with van der Waals surface area (Å²) < 4.78 is 6.03. The normalized spacial score (nSPS) is 10.9. The molecule has 1 heterocycles. The monoisotopic (exact) mass is 419 g/mol. The smallest absolute Gasteiger partial charge is 0.412 e. The first-order chi connectivity index (χ1) is 12.2. The van der Waals surface area contributed by atoms with Gasteiger partial charge in [0.1, 0.15) is 5.60 Å². The zero-order chi connectivity index (χ0) is 19.2. The van der Waals surface area contributed by atoms with Crippen molar-refractivity contribution in [3.8, 4) is 0 Å². The highest BCUT2D eigenvalue weighted by Gasteiger charge is 2.16. The average Bonchev–Trinajstić information content (AvgIpc) is 2.51. The first-order valence-electron chi connectivity index (χ1n) is 8.21. The molecule has 0 aliphatic heterocycles. The van der Waals surface area contributed by atoms with Gasteiger partial charge in [0.05, 0.1) is 11.9 Å². The second-order valence-corrected chi connectivity index (χ2v) is 7.68. The fraction of sp³-hybridized carbons (Fsp3) is 0.316. The number of halogens is 1. The van der Waals surface area contributed by atoms with Crippen LogP contribution in [0, 0.1) is 0 Å². The van der Waals surface area contributed by atoms with E-state index in [0.29, 0.717) is 24.2 Å². The van der Waals surface area contributed by atoms with E-state index >= 15 is 0 Å². The zero-order valence-electron chi connectivity index (χ0n) is 15.0. The van der Waals surface area contributed by atoms with E-state index in [1.165, 1.54) is 0 Å². The number of amides is 2. The maximum absolute atomic E-state index is 12.1. The Balaban J connectivity index is 1.88. The van der Waals surface area contributed by atoms with Gasteiger partial charge in [-0.3, -0.25) is 15.1 Å². The Morgan fingerprint density at radius 3 is 2.58 bits per heavy atom. The van der Waals surface area contributed by atoms with Crippen LogP contribution in [-0.4, -0.2) is 22.6 Å². The van der Waals surface area contributed by atoms with E-state index in [1.54, 1.807) is 24.5 Å². The molecule has 0 atom stereocenters. The summed E-state index contributed by atoms with van der Waals surface area (Å²) in [4.78, 5) is 27.9. The van der Waals surface area contributed by atoms with Gasteiger partial charge >= 0.3 is 6.09 Å². The fourth-order valence-corrected chi connectivity index (χ4v) is 2.55. The Morgan fingerprint density at radius 2 is 1.88 bits per heavy atom. The van der Waals surface area contributed by atoms with E-state index in [4.69, 9.17) is 4.74 Å². The molecule has 138 valence electrons. The van der Waals surface area contributed by atoms with Crippen molar-refractivity contribution in [1.29, 1.82) is 0 Å². The number of benzene rings is 1. The van der Waals surface area contributed by atoms with E-state index in [0.717, 1.165) is 10.0 Å². The van der Waals surface area contributed by atoms with Crippen molar-refractivity contribution in [3.05, 3.63) is 52.8 Å². The average molecular weight is 420 g/mol. The second-order valence-electron chi connectivity index (χ2n) is 6.77. The molecule has 0 aliphatic carbocycles. The SMILES string of the molecule is CC(C)(C)OC(=O)Nc1cccc(CCC(=O)Nc2cncc(Br)c2)c1. The molecule has 0 radical (unpaired) electrons. The third kappa shape index (κ3) is 7.23. The van der Waals surface area contributed by atoms with Gasteiger partial charge in [0.25, 0.3) is 0 Å². The Bertz CT molecular complexity index is 788. The molecule has 1 aromatic carbocycles. The van der Waals surface area contributed by atoms with Crippen LogP contribution in [0.15, 0.2) is 47.2 Å². The minimum Gasteiger partial charge on any atom is -0.444 e. The Kier molecular flexibility index (Phi) is 6.74. The molecule has 0 aliphatic rings. The van der Waals surface area contributed by atoms with Crippen molar-refractivity contribution in [2.45, 2.75) is 39.2 Å². The van der Waals surface area contributed by atoms with Gasteiger partial charge in [0.2, 0.25) is 5.91 Å². The van der Waals surface area contributed by atoms with E-state index in [9.17, 15) is 9.59 Å². The first kappa shape index (κ1) is 19.9. The van der Waals surface area contributed by atoms with Crippen molar-refractivity contribution in [2.75, 3.05) is 10.6 Å². The van der Waals surface area contributed by atoms with Crippen LogP contribution in [0.5, 0.6) is 0 Å². The van der Waals surface area contributed by atoms with Gasteiger partial charge in [-0.2, -0.15) is 0 Å². The number of carbonyl (C=O) groups excluding carboxylic acids is 2. The molecule has 1 aromatic heterocycles. The number of hydrogen-bond donors (Lipinski definition) is 2. The highest BCUT2D eigenvalue weighted by Crippen LogP contribution is 2.16. The van der Waals surface area contributed by atoms with E-state index in [2.05, 4.69) is 31.5 Å². The maximum Gasteiger partial charge on any atom is 0.412 e. The molecule has 2 N–H and O–H groups in total. The van der Waals surface area contributed by atoms with E-state index < -0.39 is 11.7 Å². The molecule has 0 fully saturated rings. The lowest BCUT2D eigenvalue weighted by atomic mass is 10.1. The summed E-state index contributed by atoms with van der Waals surface area (Å²) in [5.74, 6) is -0.101. The van der Waals surface area contributed by atoms with Crippen LogP contribution in [0.25, 0.3) is 0 Å². The Morgan fingerprint density at radius 1 is 1.12 bits per heavy atom. The lowest BCUT2D eigenvalue weighted by Crippen LogP contribution is -2.27. The Hall–Kier alpha value is -2.41. The van der Waals surface area contributed by atoms with Gasteiger partial charge in [0, 0.05) is 22.8 Å². The quantitative estimate of drug-likeness (QED) is 0.731. The summed E-state index contributed by atoms with van der Waals surface area (Å²) in [6.45, 7) is 5.42. The highest BCUT2D eigenvalue weighted by atomic mass is 79.9.